The summed E-state index contributed by atoms with van der Waals surface area (Å²) in [6.45, 7) is 4.90. The third-order valence-electron chi connectivity index (χ3n) is 14.1. The van der Waals surface area contributed by atoms with Crippen LogP contribution in [0.25, 0.3) is 0 Å². The zero-order chi connectivity index (χ0) is 50.0. The van der Waals surface area contributed by atoms with Gasteiger partial charge in [0.2, 0.25) is 5.91 Å². The highest BCUT2D eigenvalue weighted by molar-refractivity contribution is 5.76. The molecule has 0 bridgehead atoms. The number of allylic oxidation sites excluding steroid dienone is 5. The zero-order valence-electron chi connectivity index (χ0n) is 46.3. The van der Waals surface area contributed by atoms with E-state index in [1.54, 1.807) is 6.08 Å². The van der Waals surface area contributed by atoms with E-state index in [1.807, 2.05) is 6.08 Å². The summed E-state index contributed by atoms with van der Waals surface area (Å²) in [5.74, 6) is -0.0862. The molecule has 2 unspecified atom stereocenters. The van der Waals surface area contributed by atoms with E-state index in [2.05, 4.69) is 43.5 Å². The number of esters is 1. The van der Waals surface area contributed by atoms with Crippen LogP contribution in [0.2, 0.25) is 0 Å². The third kappa shape index (κ3) is 55.2. The third-order valence-corrected chi connectivity index (χ3v) is 14.1. The predicted octanol–water partition coefficient (Wildman–Crippen LogP) is 19.2. The first-order chi connectivity index (χ1) is 34.0. The fourth-order valence-corrected chi connectivity index (χ4v) is 9.39. The zero-order valence-corrected chi connectivity index (χ0v) is 46.3. The van der Waals surface area contributed by atoms with Crippen LogP contribution in [0.3, 0.4) is 0 Å². The number of unbranched alkanes of at least 4 members (excludes halogenated alkanes) is 42. The minimum atomic E-state index is -0.854. The normalized spacial score (nSPS) is 12.8. The molecule has 6 nitrogen and oxygen atoms in total. The highest BCUT2D eigenvalue weighted by Gasteiger charge is 2.18. The number of aliphatic hydroxyl groups is 2. The molecule has 0 heterocycles. The molecule has 406 valence electrons. The lowest BCUT2D eigenvalue weighted by atomic mass is 10.0. The molecule has 1 amide bonds. The Morgan fingerprint density at radius 2 is 0.681 bits per heavy atom. The van der Waals surface area contributed by atoms with E-state index in [-0.39, 0.29) is 18.5 Å². The van der Waals surface area contributed by atoms with Gasteiger partial charge in [-0.2, -0.15) is 0 Å². The molecule has 3 N–H and O–H groups in total. The van der Waals surface area contributed by atoms with Gasteiger partial charge in [0.1, 0.15) is 0 Å². The Morgan fingerprint density at radius 1 is 0.391 bits per heavy atom. The van der Waals surface area contributed by atoms with E-state index in [4.69, 9.17) is 4.74 Å². The van der Waals surface area contributed by atoms with Crippen molar-refractivity contribution in [2.75, 3.05) is 13.2 Å². The lowest BCUT2D eigenvalue weighted by Gasteiger charge is -2.20. The molecule has 0 aliphatic rings. The quantitative estimate of drug-likeness (QED) is 0.0321. The molecule has 0 aromatic rings. The van der Waals surface area contributed by atoms with Crippen LogP contribution in [0, 0.1) is 0 Å². The van der Waals surface area contributed by atoms with Crippen LogP contribution >= 0.6 is 0 Å². The standard InChI is InChI=1S/C63H119NO5/c1-3-5-7-9-11-13-15-17-19-20-21-24-28-31-35-39-43-47-51-55-61(66)60(59-65)64-62(67)56-52-48-44-40-36-32-29-25-22-23-26-30-34-38-42-46-50-54-58-69-63(68)57-53-49-45-41-37-33-27-18-16-14-12-10-8-6-4-2/h18,25,27,29,51,55,60-61,65-66H,3-17,19-24,26,28,30-50,52-54,56-59H2,1-2H3,(H,64,67)/b27-18-,29-25-,55-51+. The van der Waals surface area contributed by atoms with E-state index < -0.39 is 12.1 Å². The summed E-state index contributed by atoms with van der Waals surface area (Å²) in [5, 5.41) is 23.2. The van der Waals surface area contributed by atoms with Crippen molar-refractivity contribution in [1.82, 2.24) is 5.32 Å². The van der Waals surface area contributed by atoms with Crippen LogP contribution in [-0.2, 0) is 14.3 Å². The van der Waals surface area contributed by atoms with Crippen molar-refractivity contribution < 1.29 is 24.5 Å². The fraction of sp³-hybridized carbons (Fsp3) is 0.873. The molecule has 0 aromatic carbocycles. The van der Waals surface area contributed by atoms with Gasteiger partial charge in [-0.15, -0.1) is 0 Å². The molecule has 0 rings (SSSR count). The fourth-order valence-electron chi connectivity index (χ4n) is 9.39. The number of amides is 1. The lowest BCUT2D eigenvalue weighted by molar-refractivity contribution is -0.143. The molecule has 0 aliphatic carbocycles. The minimum Gasteiger partial charge on any atom is -0.466 e. The summed E-state index contributed by atoms with van der Waals surface area (Å²) in [7, 11) is 0. The van der Waals surface area contributed by atoms with E-state index >= 15 is 0 Å². The molecular weight excluding hydrogens is 851 g/mol. The topological polar surface area (TPSA) is 95.9 Å². The van der Waals surface area contributed by atoms with Crippen molar-refractivity contribution in [3.63, 3.8) is 0 Å². The second-order valence-electron chi connectivity index (χ2n) is 21.0. The Labute approximate surface area is 430 Å². The smallest absolute Gasteiger partial charge is 0.305 e. The molecule has 0 saturated heterocycles. The number of rotatable bonds is 57. The van der Waals surface area contributed by atoms with Crippen molar-refractivity contribution in [2.24, 2.45) is 0 Å². The lowest BCUT2D eigenvalue weighted by Crippen LogP contribution is -2.45. The maximum Gasteiger partial charge on any atom is 0.305 e. The van der Waals surface area contributed by atoms with Gasteiger partial charge in [-0.25, -0.2) is 0 Å². The average Bonchev–Trinajstić information content (AvgIpc) is 3.35. The highest BCUT2D eigenvalue weighted by atomic mass is 16.5. The van der Waals surface area contributed by atoms with Crippen molar-refractivity contribution in [3.8, 4) is 0 Å². The molecule has 0 aliphatic heterocycles. The average molecular weight is 971 g/mol. The number of aliphatic hydroxyl groups excluding tert-OH is 2. The predicted molar refractivity (Wildman–Crippen MR) is 301 cm³/mol. The summed E-state index contributed by atoms with van der Waals surface area (Å²) in [6, 6.07) is -0.639. The van der Waals surface area contributed by atoms with Gasteiger partial charge < -0.3 is 20.3 Å². The highest BCUT2D eigenvalue weighted by Crippen LogP contribution is 2.17. The Balaban J connectivity index is 3.48. The van der Waals surface area contributed by atoms with Crippen molar-refractivity contribution in [3.05, 3.63) is 36.5 Å². The van der Waals surface area contributed by atoms with Crippen molar-refractivity contribution in [2.45, 2.75) is 341 Å². The number of ether oxygens (including phenoxy) is 1. The number of carbonyl (C=O) groups is 2. The van der Waals surface area contributed by atoms with Gasteiger partial charge in [0, 0.05) is 12.8 Å². The molecule has 0 spiro atoms. The van der Waals surface area contributed by atoms with Crippen LogP contribution in [0.15, 0.2) is 36.5 Å². The molecule has 0 saturated carbocycles. The monoisotopic (exact) mass is 970 g/mol. The van der Waals surface area contributed by atoms with Crippen LogP contribution < -0.4 is 5.32 Å². The molecular formula is C63H119NO5. The van der Waals surface area contributed by atoms with Crippen molar-refractivity contribution >= 4 is 11.9 Å². The summed E-state index contributed by atoms with van der Waals surface area (Å²) >= 11 is 0. The van der Waals surface area contributed by atoms with Gasteiger partial charge in [0.15, 0.2) is 0 Å². The minimum absolute atomic E-state index is 0.00568. The molecule has 6 heteroatoms. The first-order valence-electron chi connectivity index (χ1n) is 30.8. The summed E-state index contributed by atoms with van der Waals surface area (Å²) in [6.07, 6.45) is 73.2. The number of carbonyl (C=O) groups excluding carboxylic acids is 2. The first-order valence-corrected chi connectivity index (χ1v) is 30.8. The van der Waals surface area contributed by atoms with E-state index in [0.29, 0.717) is 19.4 Å². The molecule has 0 radical (unpaired) electrons. The largest absolute Gasteiger partial charge is 0.466 e. The Bertz CT molecular complexity index is 1120. The summed E-state index contributed by atoms with van der Waals surface area (Å²) in [4.78, 5) is 24.5. The van der Waals surface area contributed by atoms with E-state index in [1.165, 1.54) is 238 Å². The number of nitrogens with one attached hydrogen (secondary N) is 1. The molecule has 0 fully saturated rings. The van der Waals surface area contributed by atoms with Gasteiger partial charge >= 0.3 is 5.97 Å². The maximum atomic E-state index is 12.5. The summed E-state index contributed by atoms with van der Waals surface area (Å²) in [5.41, 5.74) is 0. The Kier molecular flexibility index (Phi) is 57.0. The molecule has 0 aromatic heterocycles. The van der Waals surface area contributed by atoms with Crippen LogP contribution in [0.1, 0.15) is 328 Å². The number of hydrogen-bond donors (Lipinski definition) is 3. The maximum absolute atomic E-state index is 12.5. The van der Waals surface area contributed by atoms with Crippen LogP contribution in [-0.4, -0.2) is 47.4 Å². The van der Waals surface area contributed by atoms with Gasteiger partial charge in [-0.1, -0.05) is 269 Å². The molecule has 69 heavy (non-hydrogen) atoms. The van der Waals surface area contributed by atoms with Gasteiger partial charge in [-0.3, -0.25) is 9.59 Å². The van der Waals surface area contributed by atoms with Gasteiger partial charge in [0.05, 0.1) is 25.4 Å². The molecule has 2 atom stereocenters. The van der Waals surface area contributed by atoms with Crippen LogP contribution in [0.5, 0.6) is 0 Å². The second-order valence-corrected chi connectivity index (χ2v) is 21.0. The summed E-state index contributed by atoms with van der Waals surface area (Å²) < 4.78 is 5.47. The van der Waals surface area contributed by atoms with E-state index in [9.17, 15) is 19.8 Å². The van der Waals surface area contributed by atoms with Crippen LogP contribution in [0.4, 0.5) is 0 Å². The van der Waals surface area contributed by atoms with E-state index in [0.717, 1.165) is 64.2 Å². The Morgan fingerprint density at radius 3 is 1.03 bits per heavy atom. The Hall–Kier alpha value is -1.92. The van der Waals surface area contributed by atoms with Gasteiger partial charge in [-0.05, 0) is 83.5 Å². The second kappa shape index (κ2) is 58.6. The first kappa shape index (κ1) is 67.1. The SMILES string of the molecule is CCCCCCCC/C=C\CCCCCCCC(=O)OCCCCCCCCCCC/C=C\CCCCCCCC(=O)NC(CO)C(O)/C=C/CCCCCCCCCCCCCCCCCCC. The van der Waals surface area contributed by atoms with Crippen molar-refractivity contribution in [1.29, 1.82) is 0 Å². The van der Waals surface area contributed by atoms with Gasteiger partial charge in [0.25, 0.3) is 0 Å². The number of hydrogen-bond acceptors (Lipinski definition) is 5.